The SMILES string of the molecule is COC(=O)c1cncc(C(=O)N2CC[C@@]34OCCCN3C(=O)C[C@@H]24)c1. The van der Waals surface area contributed by atoms with Crippen molar-refractivity contribution in [2.45, 2.75) is 31.0 Å². The van der Waals surface area contributed by atoms with E-state index in [2.05, 4.69) is 9.72 Å². The van der Waals surface area contributed by atoms with Crippen LogP contribution in [0.5, 0.6) is 0 Å². The van der Waals surface area contributed by atoms with Gasteiger partial charge in [-0.1, -0.05) is 0 Å². The number of aromatic nitrogens is 1. The molecule has 2 atom stereocenters. The zero-order valence-electron chi connectivity index (χ0n) is 13.9. The summed E-state index contributed by atoms with van der Waals surface area (Å²) in [5.41, 5.74) is -0.153. The Kier molecular flexibility index (Phi) is 3.72. The van der Waals surface area contributed by atoms with E-state index in [9.17, 15) is 14.4 Å². The van der Waals surface area contributed by atoms with Gasteiger partial charge in [0.2, 0.25) is 5.91 Å². The van der Waals surface area contributed by atoms with E-state index in [0.29, 0.717) is 31.7 Å². The Labute approximate surface area is 144 Å². The van der Waals surface area contributed by atoms with Gasteiger partial charge < -0.3 is 19.3 Å². The second-order valence-corrected chi connectivity index (χ2v) is 6.51. The van der Waals surface area contributed by atoms with Crippen molar-refractivity contribution in [3.05, 3.63) is 29.6 Å². The molecular weight excluding hydrogens is 326 g/mol. The summed E-state index contributed by atoms with van der Waals surface area (Å²) < 4.78 is 10.7. The number of esters is 1. The molecule has 3 fully saturated rings. The maximum Gasteiger partial charge on any atom is 0.339 e. The van der Waals surface area contributed by atoms with Gasteiger partial charge in [0.1, 0.15) is 0 Å². The van der Waals surface area contributed by atoms with Crippen molar-refractivity contribution in [2.75, 3.05) is 26.8 Å². The Morgan fingerprint density at radius 1 is 1.32 bits per heavy atom. The van der Waals surface area contributed by atoms with Crippen LogP contribution in [0, 0.1) is 0 Å². The maximum atomic E-state index is 13.0. The monoisotopic (exact) mass is 345 g/mol. The number of hydrogen-bond acceptors (Lipinski definition) is 6. The number of ether oxygens (including phenoxy) is 2. The highest BCUT2D eigenvalue weighted by molar-refractivity contribution is 5.98. The van der Waals surface area contributed by atoms with Gasteiger partial charge in [-0.05, 0) is 12.5 Å². The van der Waals surface area contributed by atoms with Gasteiger partial charge in [0.15, 0.2) is 5.72 Å². The van der Waals surface area contributed by atoms with Crippen LogP contribution in [0.1, 0.15) is 40.0 Å². The number of rotatable bonds is 2. The molecule has 8 heteroatoms. The number of methoxy groups -OCH3 is 1. The standard InChI is InChI=1S/C17H19N3O5/c1-24-16(23)12-7-11(9-18-10-12)15(22)19-5-3-17-13(19)8-14(21)20(17)4-2-6-25-17/h7,9-10,13H,2-6,8H2,1H3/t13-,17+/m1/s1. The van der Waals surface area contributed by atoms with Gasteiger partial charge in [0, 0.05) is 31.9 Å². The largest absolute Gasteiger partial charge is 0.465 e. The lowest BCUT2D eigenvalue weighted by atomic mass is 10.0. The third kappa shape index (κ3) is 2.31. The van der Waals surface area contributed by atoms with Gasteiger partial charge in [-0.2, -0.15) is 0 Å². The molecule has 1 aromatic rings. The van der Waals surface area contributed by atoms with Gasteiger partial charge in [-0.3, -0.25) is 14.6 Å². The van der Waals surface area contributed by atoms with E-state index in [1.165, 1.54) is 25.6 Å². The predicted molar refractivity (Wildman–Crippen MR) is 84.6 cm³/mol. The molecule has 3 aliphatic heterocycles. The van der Waals surface area contributed by atoms with E-state index < -0.39 is 11.7 Å². The fraction of sp³-hybridized carbons (Fsp3) is 0.529. The summed E-state index contributed by atoms with van der Waals surface area (Å²) in [7, 11) is 1.28. The van der Waals surface area contributed by atoms with Crippen molar-refractivity contribution in [2.24, 2.45) is 0 Å². The Morgan fingerprint density at radius 2 is 2.12 bits per heavy atom. The molecule has 0 aromatic carbocycles. The summed E-state index contributed by atoms with van der Waals surface area (Å²) in [6.45, 7) is 1.79. The zero-order valence-corrected chi connectivity index (χ0v) is 13.9. The van der Waals surface area contributed by atoms with Crippen LogP contribution >= 0.6 is 0 Å². The van der Waals surface area contributed by atoms with Crippen molar-refractivity contribution in [3.63, 3.8) is 0 Å². The van der Waals surface area contributed by atoms with Crippen LogP contribution in [0.15, 0.2) is 18.5 Å². The molecule has 0 radical (unpaired) electrons. The minimum absolute atomic E-state index is 0.0311. The molecule has 0 aliphatic carbocycles. The average Bonchev–Trinajstić information content (AvgIpc) is 3.13. The lowest BCUT2D eigenvalue weighted by Crippen LogP contribution is -2.56. The van der Waals surface area contributed by atoms with Crippen LogP contribution in [-0.2, 0) is 14.3 Å². The topological polar surface area (TPSA) is 89.0 Å². The number of pyridine rings is 1. The molecule has 132 valence electrons. The Morgan fingerprint density at radius 3 is 2.92 bits per heavy atom. The van der Waals surface area contributed by atoms with Crippen molar-refractivity contribution >= 4 is 17.8 Å². The van der Waals surface area contributed by atoms with Crippen molar-refractivity contribution in [1.29, 1.82) is 0 Å². The molecule has 3 saturated heterocycles. The molecule has 25 heavy (non-hydrogen) atoms. The first-order chi connectivity index (χ1) is 12.1. The zero-order chi connectivity index (χ0) is 17.6. The summed E-state index contributed by atoms with van der Waals surface area (Å²) in [6, 6.07) is 1.18. The first kappa shape index (κ1) is 16.0. The summed E-state index contributed by atoms with van der Waals surface area (Å²) in [4.78, 5) is 44.4. The van der Waals surface area contributed by atoms with Crippen molar-refractivity contribution < 1.29 is 23.9 Å². The number of nitrogens with zero attached hydrogens (tertiary/aromatic N) is 3. The molecule has 8 nitrogen and oxygen atoms in total. The van der Waals surface area contributed by atoms with E-state index in [1.807, 2.05) is 0 Å². The van der Waals surface area contributed by atoms with Crippen LogP contribution in [-0.4, -0.2) is 71.1 Å². The van der Waals surface area contributed by atoms with E-state index in [0.717, 1.165) is 6.42 Å². The lowest BCUT2D eigenvalue weighted by molar-refractivity contribution is -0.179. The molecule has 0 N–H and O–H groups in total. The van der Waals surface area contributed by atoms with Gasteiger partial charge in [-0.25, -0.2) is 4.79 Å². The maximum absolute atomic E-state index is 13.0. The van der Waals surface area contributed by atoms with Gasteiger partial charge in [0.25, 0.3) is 5.91 Å². The van der Waals surface area contributed by atoms with Crippen molar-refractivity contribution in [1.82, 2.24) is 14.8 Å². The van der Waals surface area contributed by atoms with Gasteiger partial charge in [-0.15, -0.1) is 0 Å². The Bertz CT molecular complexity index is 752. The molecular formula is C17H19N3O5. The third-order valence-electron chi connectivity index (χ3n) is 5.28. The first-order valence-corrected chi connectivity index (χ1v) is 8.35. The van der Waals surface area contributed by atoms with Crippen LogP contribution in [0.2, 0.25) is 0 Å². The summed E-state index contributed by atoms with van der Waals surface area (Å²) in [6.07, 6.45) is 4.49. The highest BCUT2D eigenvalue weighted by Crippen LogP contribution is 2.45. The lowest BCUT2D eigenvalue weighted by Gasteiger charge is -2.42. The second kappa shape index (κ2) is 5.80. The van der Waals surface area contributed by atoms with E-state index >= 15 is 0 Å². The van der Waals surface area contributed by atoms with Gasteiger partial charge in [0.05, 0.1) is 37.3 Å². The number of carbonyl (C=O) groups is 3. The van der Waals surface area contributed by atoms with E-state index in [1.54, 1.807) is 9.80 Å². The number of likely N-dealkylation sites (tertiary alicyclic amines) is 1. The fourth-order valence-electron chi connectivity index (χ4n) is 4.14. The molecule has 0 unspecified atom stereocenters. The highest BCUT2D eigenvalue weighted by Gasteiger charge is 2.61. The molecule has 4 rings (SSSR count). The van der Waals surface area contributed by atoms with Crippen LogP contribution in [0.3, 0.4) is 0 Å². The highest BCUT2D eigenvalue weighted by atomic mass is 16.5. The molecule has 0 saturated carbocycles. The van der Waals surface area contributed by atoms with E-state index in [-0.39, 0.29) is 29.8 Å². The molecule has 1 spiro atoms. The number of carbonyl (C=O) groups excluding carboxylic acids is 3. The normalized spacial score (nSPS) is 27.9. The summed E-state index contributed by atoms with van der Waals surface area (Å²) >= 11 is 0. The molecule has 0 bridgehead atoms. The average molecular weight is 345 g/mol. The van der Waals surface area contributed by atoms with Gasteiger partial charge >= 0.3 is 5.97 Å². The van der Waals surface area contributed by atoms with Crippen LogP contribution in [0.4, 0.5) is 0 Å². The first-order valence-electron chi connectivity index (χ1n) is 8.35. The van der Waals surface area contributed by atoms with Crippen LogP contribution < -0.4 is 0 Å². The molecule has 4 heterocycles. The number of amides is 2. The van der Waals surface area contributed by atoms with E-state index in [4.69, 9.17) is 4.74 Å². The predicted octanol–water partition coefficient (Wildman–Crippen LogP) is 0.432. The second-order valence-electron chi connectivity index (χ2n) is 6.51. The third-order valence-corrected chi connectivity index (χ3v) is 5.28. The van der Waals surface area contributed by atoms with Crippen LogP contribution in [0.25, 0.3) is 0 Å². The molecule has 3 aliphatic rings. The smallest absolute Gasteiger partial charge is 0.339 e. The molecule has 1 aromatic heterocycles. The fourth-order valence-corrected chi connectivity index (χ4v) is 4.14. The Hall–Kier alpha value is -2.48. The number of hydrogen-bond donors (Lipinski definition) is 0. The minimum Gasteiger partial charge on any atom is -0.465 e. The quantitative estimate of drug-likeness (QED) is 0.722. The summed E-state index contributed by atoms with van der Waals surface area (Å²) in [5.74, 6) is -0.759. The minimum atomic E-state index is -0.682. The van der Waals surface area contributed by atoms with Crippen molar-refractivity contribution in [3.8, 4) is 0 Å². The summed E-state index contributed by atoms with van der Waals surface area (Å²) in [5, 5.41) is 0. The Balaban J connectivity index is 1.62. The molecule has 2 amide bonds.